The summed E-state index contributed by atoms with van der Waals surface area (Å²) in [6.07, 6.45) is 1.73. The van der Waals surface area contributed by atoms with Crippen molar-refractivity contribution >= 4 is 23.1 Å². The van der Waals surface area contributed by atoms with Crippen LogP contribution in [0.3, 0.4) is 0 Å². The molecule has 8 nitrogen and oxygen atoms in total. The lowest BCUT2D eigenvalue weighted by atomic mass is 9.96. The van der Waals surface area contributed by atoms with Crippen molar-refractivity contribution in [1.82, 2.24) is 19.2 Å². The van der Waals surface area contributed by atoms with E-state index in [2.05, 4.69) is 9.88 Å². The number of rotatable bonds is 5. The molecule has 2 saturated heterocycles. The van der Waals surface area contributed by atoms with Gasteiger partial charge in [-0.15, -0.1) is 0 Å². The van der Waals surface area contributed by atoms with Crippen LogP contribution in [0.15, 0.2) is 54.2 Å². The first kappa shape index (κ1) is 22.2. The van der Waals surface area contributed by atoms with Crippen LogP contribution >= 0.6 is 0 Å². The molecule has 2 fully saturated rings. The molecular formula is C25H25FN4O4. The van der Waals surface area contributed by atoms with Crippen molar-refractivity contribution in [1.29, 1.82) is 0 Å². The molecule has 1 N–H and O–H groups in total. The Hall–Kier alpha value is -3.56. The Labute approximate surface area is 195 Å². The second kappa shape index (κ2) is 9.00. The van der Waals surface area contributed by atoms with Crippen LogP contribution in [0.5, 0.6) is 0 Å². The minimum absolute atomic E-state index is 0.0636. The highest BCUT2D eigenvalue weighted by atomic mass is 19.1. The maximum Gasteiger partial charge on any atom is 0.295 e. The Morgan fingerprint density at radius 1 is 1.15 bits per heavy atom. The number of ether oxygens (including phenoxy) is 1. The highest BCUT2D eigenvalue weighted by Crippen LogP contribution is 2.40. The van der Waals surface area contributed by atoms with Gasteiger partial charge in [-0.1, -0.05) is 18.2 Å². The molecule has 1 aromatic carbocycles. The molecule has 0 unspecified atom stereocenters. The number of ketones is 1. The number of halogens is 1. The maximum absolute atomic E-state index is 14.2. The van der Waals surface area contributed by atoms with Gasteiger partial charge in [-0.2, -0.15) is 0 Å². The maximum atomic E-state index is 14.2. The third-order valence-electron chi connectivity index (χ3n) is 6.39. The van der Waals surface area contributed by atoms with E-state index in [1.54, 1.807) is 35.7 Å². The molecule has 34 heavy (non-hydrogen) atoms. The molecule has 2 aliphatic heterocycles. The van der Waals surface area contributed by atoms with Crippen LogP contribution in [0.2, 0.25) is 0 Å². The molecular weight excluding hydrogens is 439 g/mol. The minimum atomic E-state index is -0.912. The number of hydrogen-bond donors (Lipinski definition) is 1. The number of hydrogen-bond acceptors (Lipinski definition) is 6. The largest absolute Gasteiger partial charge is 0.505 e. The van der Waals surface area contributed by atoms with Crippen LogP contribution in [-0.2, 0) is 14.3 Å². The summed E-state index contributed by atoms with van der Waals surface area (Å²) in [6.45, 7) is 5.21. The van der Waals surface area contributed by atoms with E-state index >= 15 is 0 Å². The van der Waals surface area contributed by atoms with Crippen LogP contribution in [0.4, 0.5) is 4.39 Å². The summed E-state index contributed by atoms with van der Waals surface area (Å²) in [5.74, 6) is -2.31. The number of carbonyl (C=O) groups is 2. The van der Waals surface area contributed by atoms with Gasteiger partial charge in [-0.05, 0) is 36.8 Å². The standard InChI is InChI=1S/C25H25FN4O4/c1-16-21(29-8-3-2-7-19(29)27-16)23(31)20-22(17-5-4-6-18(26)15-17)30(25(33)24(20)32)10-9-28-11-13-34-14-12-28/h2-8,15,22,31H,9-14H2,1H3/b23-20+/t22-/m0/s1. The number of aliphatic hydroxyl groups excluding tert-OH is 1. The molecule has 2 aromatic heterocycles. The molecule has 0 saturated carbocycles. The Morgan fingerprint density at radius 2 is 1.94 bits per heavy atom. The summed E-state index contributed by atoms with van der Waals surface area (Å²) in [4.78, 5) is 34.4. The van der Waals surface area contributed by atoms with Crippen LogP contribution in [-0.4, -0.2) is 75.4 Å². The van der Waals surface area contributed by atoms with E-state index in [0.717, 1.165) is 13.1 Å². The van der Waals surface area contributed by atoms with Crippen LogP contribution < -0.4 is 0 Å². The molecule has 0 spiro atoms. The minimum Gasteiger partial charge on any atom is -0.505 e. The monoisotopic (exact) mass is 464 g/mol. The first-order chi connectivity index (χ1) is 16.5. The van der Waals surface area contributed by atoms with Crippen LogP contribution in [0, 0.1) is 12.7 Å². The lowest BCUT2D eigenvalue weighted by Gasteiger charge is -2.31. The van der Waals surface area contributed by atoms with Gasteiger partial charge >= 0.3 is 0 Å². The van der Waals surface area contributed by atoms with Crippen LogP contribution in [0.25, 0.3) is 11.4 Å². The summed E-state index contributed by atoms with van der Waals surface area (Å²) >= 11 is 0. The second-order valence-corrected chi connectivity index (χ2v) is 8.48. The molecule has 2 aliphatic rings. The molecule has 3 aromatic rings. The van der Waals surface area contributed by atoms with E-state index in [-0.39, 0.29) is 17.9 Å². The van der Waals surface area contributed by atoms with E-state index < -0.39 is 23.5 Å². The number of amides is 1. The molecule has 1 amide bonds. The predicted molar refractivity (Wildman–Crippen MR) is 123 cm³/mol. The number of morpholine rings is 1. The third kappa shape index (κ3) is 3.86. The van der Waals surface area contributed by atoms with E-state index in [1.807, 2.05) is 6.07 Å². The van der Waals surface area contributed by atoms with E-state index in [4.69, 9.17) is 4.74 Å². The van der Waals surface area contributed by atoms with Gasteiger partial charge in [0.1, 0.15) is 17.2 Å². The third-order valence-corrected chi connectivity index (χ3v) is 6.39. The van der Waals surface area contributed by atoms with Crippen molar-refractivity contribution in [3.05, 3.63) is 77.0 Å². The fraction of sp³-hybridized carbons (Fsp3) is 0.320. The van der Waals surface area contributed by atoms with Crippen molar-refractivity contribution in [3.8, 4) is 0 Å². The molecule has 0 radical (unpaired) electrons. The van der Waals surface area contributed by atoms with Crippen LogP contribution in [0.1, 0.15) is 23.0 Å². The van der Waals surface area contributed by atoms with Crippen molar-refractivity contribution in [2.45, 2.75) is 13.0 Å². The van der Waals surface area contributed by atoms with E-state index in [1.165, 1.54) is 23.1 Å². The number of Topliss-reactive ketones (excluding diaryl/α,β-unsaturated/α-hetero) is 1. The number of nitrogens with zero attached hydrogens (tertiary/aromatic N) is 4. The number of likely N-dealkylation sites (tertiary alicyclic amines) is 1. The lowest BCUT2D eigenvalue weighted by Crippen LogP contribution is -2.42. The molecule has 5 rings (SSSR count). The first-order valence-corrected chi connectivity index (χ1v) is 11.2. The number of carbonyl (C=O) groups excluding carboxylic acids is 2. The number of aryl methyl sites for hydroxylation is 1. The van der Waals surface area contributed by atoms with Gasteiger partial charge in [0.15, 0.2) is 5.76 Å². The fourth-order valence-corrected chi connectivity index (χ4v) is 4.73. The van der Waals surface area contributed by atoms with E-state index in [0.29, 0.717) is 42.4 Å². The fourth-order valence-electron chi connectivity index (χ4n) is 4.73. The summed E-state index contributed by atoms with van der Waals surface area (Å²) in [6, 6.07) is 10.3. The van der Waals surface area contributed by atoms with Gasteiger partial charge in [0.05, 0.1) is 30.5 Å². The Morgan fingerprint density at radius 3 is 2.71 bits per heavy atom. The average Bonchev–Trinajstić information content (AvgIpc) is 3.31. The molecule has 1 atom stereocenters. The van der Waals surface area contributed by atoms with E-state index in [9.17, 15) is 19.1 Å². The highest BCUT2D eigenvalue weighted by molar-refractivity contribution is 6.46. The number of pyridine rings is 1. The normalized spacial score (nSPS) is 21.0. The smallest absolute Gasteiger partial charge is 0.295 e. The van der Waals surface area contributed by atoms with Crippen molar-refractivity contribution < 1.29 is 23.8 Å². The number of imidazole rings is 1. The number of fused-ring (bicyclic) bond motifs is 1. The summed E-state index contributed by atoms with van der Waals surface area (Å²) in [5.41, 5.74) is 1.82. The lowest BCUT2D eigenvalue weighted by molar-refractivity contribution is -0.140. The predicted octanol–water partition coefficient (Wildman–Crippen LogP) is 2.54. The SMILES string of the molecule is Cc1nc2ccccn2c1/C(O)=C1\C(=O)C(=O)N(CCN2CCOCC2)[C@H]1c1cccc(F)c1. The summed E-state index contributed by atoms with van der Waals surface area (Å²) in [5, 5.41) is 11.4. The quantitative estimate of drug-likeness (QED) is 0.355. The Balaban J connectivity index is 1.61. The van der Waals surface area contributed by atoms with Gasteiger partial charge in [-0.25, -0.2) is 9.37 Å². The Bertz CT molecular complexity index is 1300. The number of aliphatic hydroxyl groups is 1. The molecule has 176 valence electrons. The second-order valence-electron chi connectivity index (χ2n) is 8.48. The first-order valence-electron chi connectivity index (χ1n) is 11.2. The molecule has 0 aliphatic carbocycles. The van der Waals surface area contributed by atoms with Crippen molar-refractivity contribution in [2.24, 2.45) is 0 Å². The van der Waals surface area contributed by atoms with Crippen molar-refractivity contribution in [3.63, 3.8) is 0 Å². The number of aromatic nitrogens is 2. The summed E-state index contributed by atoms with van der Waals surface area (Å²) < 4.78 is 21.2. The molecule has 4 heterocycles. The van der Waals surface area contributed by atoms with Gasteiger partial charge in [-0.3, -0.25) is 18.9 Å². The van der Waals surface area contributed by atoms with Gasteiger partial charge in [0, 0.05) is 32.4 Å². The van der Waals surface area contributed by atoms with Crippen molar-refractivity contribution in [2.75, 3.05) is 39.4 Å². The van der Waals surface area contributed by atoms with Gasteiger partial charge in [0.2, 0.25) is 0 Å². The zero-order valence-electron chi connectivity index (χ0n) is 18.8. The molecule has 0 bridgehead atoms. The topological polar surface area (TPSA) is 87.4 Å². The highest BCUT2D eigenvalue weighted by Gasteiger charge is 2.46. The van der Waals surface area contributed by atoms with Gasteiger partial charge < -0.3 is 14.7 Å². The molecule has 9 heteroatoms. The number of benzene rings is 1. The van der Waals surface area contributed by atoms with Gasteiger partial charge in [0.25, 0.3) is 11.7 Å². The zero-order chi connectivity index (χ0) is 23.8. The zero-order valence-corrected chi connectivity index (χ0v) is 18.8. The summed E-state index contributed by atoms with van der Waals surface area (Å²) in [7, 11) is 0. The Kier molecular flexibility index (Phi) is 5.89. The average molecular weight is 464 g/mol.